The van der Waals surface area contributed by atoms with E-state index in [4.69, 9.17) is 4.42 Å². The van der Waals surface area contributed by atoms with Crippen LogP contribution in [0.3, 0.4) is 0 Å². The van der Waals surface area contributed by atoms with E-state index in [0.29, 0.717) is 0 Å². The minimum Gasteiger partial charge on any atom is -0.455 e. The van der Waals surface area contributed by atoms with Crippen molar-refractivity contribution in [1.29, 1.82) is 0 Å². The zero-order valence-electron chi connectivity index (χ0n) is 25.6. The van der Waals surface area contributed by atoms with Gasteiger partial charge in [-0.05, 0) is 96.7 Å². The Morgan fingerprint density at radius 2 is 1.35 bits per heavy atom. The average Bonchev–Trinajstić information content (AvgIpc) is 3.65. The Bertz CT molecular complexity index is 2280. The van der Waals surface area contributed by atoms with E-state index >= 15 is 0 Å². The third-order valence-electron chi connectivity index (χ3n) is 9.93. The predicted octanol–water partition coefficient (Wildman–Crippen LogP) is 11.7. The van der Waals surface area contributed by atoms with Gasteiger partial charge in [0.2, 0.25) is 0 Å². The number of allylic oxidation sites excluding steroid dienone is 6. The van der Waals surface area contributed by atoms with Crippen LogP contribution in [-0.2, 0) is 0 Å². The second-order valence-electron chi connectivity index (χ2n) is 12.6. The fourth-order valence-corrected chi connectivity index (χ4v) is 7.67. The summed E-state index contributed by atoms with van der Waals surface area (Å²) in [7, 11) is 0. The standard InChI is InChI=1S/C43H33NO2/c45-42-37-14-5-4-12-34(37)36-16-9-18-39(41(36)42)44(31-24-20-29(21-25-31)28-10-2-1-3-11-28)32-26-22-30(23-27-32)33-15-8-17-38-35-13-6-7-19-40(35)46-43(33)38/h4-10,12-20,22-24,26-27H,1-3,11,21,25H2. The summed E-state index contributed by atoms with van der Waals surface area (Å²) < 4.78 is 6.37. The van der Waals surface area contributed by atoms with Gasteiger partial charge < -0.3 is 9.32 Å². The molecule has 6 aromatic rings. The number of furan rings is 1. The molecular weight excluding hydrogens is 562 g/mol. The molecule has 1 aromatic heterocycles. The van der Waals surface area contributed by atoms with E-state index in [0.717, 1.165) is 79.5 Å². The Kier molecular flexibility index (Phi) is 6.38. The number of hydrogen-bond acceptors (Lipinski definition) is 3. The minimum absolute atomic E-state index is 0.0967. The first-order valence-electron chi connectivity index (χ1n) is 16.4. The Morgan fingerprint density at radius 3 is 2.17 bits per heavy atom. The molecule has 5 aromatic carbocycles. The van der Waals surface area contributed by atoms with E-state index < -0.39 is 0 Å². The molecule has 0 bridgehead atoms. The van der Waals surface area contributed by atoms with Crippen LogP contribution in [-0.4, -0.2) is 5.78 Å². The lowest BCUT2D eigenvalue weighted by molar-refractivity contribution is 0.104. The maximum Gasteiger partial charge on any atom is 0.196 e. The van der Waals surface area contributed by atoms with Crippen molar-refractivity contribution in [2.45, 2.75) is 38.5 Å². The number of anilines is 2. The minimum atomic E-state index is 0.0967. The number of benzene rings is 5. The second-order valence-corrected chi connectivity index (χ2v) is 12.6. The van der Waals surface area contributed by atoms with E-state index in [1.807, 2.05) is 30.3 Å². The van der Waals surface area contributed by atoms with Crippen molar-refractivity contribution in [3.63, 3.8) is 0 Å². The van der Waals surface area contributed by atoms with Gasteiger partial charge in [-0.25, -0.2) is 0 Å². The second kappa shape index (κ2) is 10.9. The Balaban J connectivity index is 1.17. The maximum absolute atomic E-state index is 13.9. The average molecular weight is 596 g/mol. The zero-order valence-corrected chi connectivity index (χ0v) is 25.6. The first-order chi connectivity index (χ1) is 22.7. The molecule has 46 heavy (non-hydrogen) atoms. The maximum atomic E-state index is 13.9. The molecule has 0 atom stereocenters. The molecule has 0 N–H and O–H groups in total. The summed E-state index contributed by atoms with van der Waals surface area (Å²) in [5.74, 6) is 0.0967. The number of nitrogens with zero attached hydrogens (tertiary/aromatic N) is 1. The molecule has 3 aliphatic carbocycles. The van der Waals surface area contributed by atoms with Crippen molar-refractivity contribution in [2.24, 2.45) is 0 Å². The van der Waals surface area contributed by atoms with Crippen LogP contribution < -0.4 is 4.90 Å². The van der Waals surface area contributed by atoms with Crippen molar-refractivity contribution >= 4 is 39.1 Å². The van der Waals surface area contributed by atoms with Crippen LogP contribution in [0.25, 0.3) is 44.2 Å². The molecule has 0 unspecified atom stereocenters. The van der Waals surface area contributed by atoms with Gasteiger partial charge >= 0.3 is 0 Å². The number of rotatable bonds is 5. The van der Waals surface area contributed by atoms with E-state index in [1.54, 1.807) is 0 Å². The lowest BCUT2D eigenvalue weighted by Gasteiger charge is -2.32. The number of carbonyl (C=O) groups is 1. The molecule has 9 rings (SSSR count). The van der Waals surface area contributed by atoms with Gasteiger partial charge in [-0.15, -0.1) is 0 Å². The largest absolute Gasteiger partial charge is 0.455 e. The number of carbonyl (C=O) groups excluding carboxylic acids is 1. The molecule has 222 valence electrons. The quantitative estimate of drug-likeness (QED) is 0.198. The van der Waals surface area contributed by atoms with E-state index in [-0.39, 0.29) is 5.78 Å². The summed E-state index contributed by atoms with van der Waals surface area (Å²) >= 11 is 0. The normalized spacial score (nSPS) is 15.7. The highest BCUT2D eigenvalue weighted by atomic mass is 16.3. The molecule has 0 spiro atoms. The fraction of sp³-hybridized carbons (Fsp3) is 0.140. The van der Waals surface area contributed by atoms with Crippen LogP contribution in [0.1, 0.15) is 54.4 Å². The molecule has 0 saturated heterocycles. The molecule has 0 aliphatic heterocycles. The van der Waals surface area contributed by atoms with Crippen molar-refractivity contribution in [1.82, 2.24) is 0 Å². The lowest BCUT2D eigenvalue weighted by Crippen LogP contribution is -2.20. The molecule has 3 nitrogen and oxygen atoms in total. The molecule has 0 radical (unpaired) electrons. The van der Waals surface area contributed by atoms with Gasteiger partial charge in [-0.1, -0.05) is 97.1 Å². The Labute approximate surface area is 268 Å². The van der Waals surface area contributed by atoms with Crippen LogP contribution in [0.5, 0.6) is 0 Å². The monoisotopic (exact) mass is 595 g/mol. The summed E-state index contributed by atoms with van der Waals surface area (Å²) in [5, 5.41) is 2.26. The van der Waals surface area contributed by atoms with Crippen LogP contribution in [0.15, 0.2) is 149 Å². The SMILES string of the molecule is O=C1c2ccccc2-c2cccc(N(C3=CC=C(C4=CCCCC4)CC3)c3ccc(-c4cccc5c4oc4ccccc45)cc3)c21. The van der Waals surface area contributed by atoms with Gasteiger partial charge in [-0.3, -0.25) is 4.79 Å². The van der Waals surface area contributed by atoms with Crippen molar-refractivity contribution in [3.05, 3.63) is 155 Å². The highest BCUT2D eigenvalue weighted by Crippen LogP contribution is 2.46. The van der Waals surface area contributed by atoms with Gasteiger partial charge in [0.1, 0.15) is 11.2 Å². The first-order valence-corrected chi connectivity index (χ1v) is 16.4. The number of hydrogen-bond donors (Lipinski definition) is 0. The van der Waals surface area contributed by atoms with Gasteiger partial charge in [-0.2, -0.15) is 0 Å². The van der Waals surface area contributed by atoms with Gasteiger partial charge in [0, 0.05) is 33.3 Å². The van der Waals surface area contributed by atoms with Gasteiger partial charge in [0.05, 0.1) is 11.3 Å². The molecule has 3 aliphatic rings. The highest BCUT2D eigenvalue weighted by Gasteiger charge is 2.32. The molecule has 1 heterocycles. The number of para-hydroxylation sites is 2. The third kappa shape index (κ3) is 4.30. The van der Waals surface area contributed by atoms with E-state index in [2.05, 4.69) is 102 Å². The van der Waals surface area contributed by atoms with Gasteiger partial charge in [0.25, 0.3) is 0 Å². The Morgan fingerprint density at radius 1 is 0.587 bits per heavy atom. The number of fused-ring (bicyclic) bond motifs is 6. The van der Waals surface area contributed by atoms with Crippen molar-refractivity contribution in [3.8, 4) is 22.3 Å². The molecule has 0 amide bonds. The lowest BCUT2D eigenvalue weighted by atomic mass is 9.88. The van der Waals surface area contributed by atoms with E-state index in [9.17, 15) is 4.79 Å². The predicted molar refractivity (Wildman–Crippen MR) is 189 cm³/mol. The fourth-order valence-electron chi connectivity index (χ4n) is 7.67. The third-order valence-corrected chi connectivity index (χ3v) is 9.93. The smallest absolute Gasteiger partial charge is 0.196 e. The highest BCUT2D eigenvalue weighted by molar-refractivity contribution is 6.24. The summed E-state index contributed by atoms with van der Waals surface area (Å²) in [6.07, 6.45) is 13.9. The van der Waals surface area contributed by atoms with Crippen LogP contribution in [0, 0.1) is 0 Å². The molecule has 0 fully saturated rings. The molecule has 0 saturated carbocycles. The van der Waals surface area contributed by atoms with Crippen molar-refractivity contribution < 1.29 is 9.21 Å². The molecule has 3 heteroatoms. The summed E-state index contributed by atoms with van der Waals surface area (Å²) in [6, 6.07) is 37.6. The summed E-state index contributed by atoms with van der Waals surface area (Å²) in [6.45, 7) is 0. The summed E-state index contributed by atoms with van der Waals surface area (Å²) in [4.78, 5) is 16.3. The topological polar surface area (TPSA) is 33.5 Å². The Hall–Kier alpha value is -5.41. The van der Waals surface area contributed by atoms with Crippen molar-refractivity contribution in [2.75, 3.05) is 4.90 Å². The van der Waals surface area contributed by atoms with E-state index in [1.165, 1.54) is 42.5 Å². The summed E-state index contributed by atoms with van der Waals surface area (Å²) in [5.41, 5.74) is 13.7. The molecular formula is C43H33NO2. The van der Waals surface area contributed by atoms with Crippen LogP contribution >= 0.6 is 0 Å². The van der Waals surface area contributed by atoms with Gasteiger partial charge in [0.15, 0.2) is 5.78 Å². The number of ketones is 1. The first kappa shape index (κ1) is 26.9. The van der Waals surface area contributed by atoms with Crippen LogP contribution in [0.4, 0.5) is 11.4 Å². The zero-order chi connectivity index (χ0) is 30.6. The van der Waals surface area contributed by atoms with Crippen LogP contribution in [0.2, 0.25) is 0 Å².